The molecule has 4 atom stereocenters. The summed E-state index contributed by atoms with van der Waals surface area (Å²) in [7, 11) is 0. The molecule has 7 nitrogen and oxygen atoms in total. The average molecular weight is 415 g/mol. The van der Waals surface area contributed by atoms with Crippen LogP contribution in [0.15, 0.2) is 48.5 Å². The van der Waals surface area contributed by atoms with Gasteiger partial charge in [0.1, 0.15) is 35.1 Å². The molecule has 2 saturated heterocycles. The summed E-state index contributed by atoms with van der Waals surface area (Å²) >= 11 is 6.06. The molecule has 29 heavy (non-hydrogen) atoms. The fourth-order valence-electron chi connectivity index (χ4n) is 4.52. The highest BCUT2D eigenvalue weighted by Gasteiger charge is 2.68. The van der Waals surface area contributed by atoms with E-state index < -0.39 is 41.2 Å². The van der Waals surface area contributed by atoms with Crippen LogP contribution < -0.4 is 10.4 Å². The summed E-state index contributed by atoms with van der Waals surface area (Å²) in [5.41, 5.74) is -0.571. The third-order valence-corrected chi connectivity index (χ3v) is 6.21. The van der Waals surface area contributed by atoms with Crippen LogP contribution in [0.4, 0.5) is 0 Å². The Labute approximate surface area is 171 Å². The van der Waals surface area contributed by atoms with Crippen molar-refractivity contribution in [3.8, 4) is 5.75 Å². The number of benzene rings is 2. The van der Waals surface area contributed by atoms with Crippen LogP contribution in [0.25, 0.3) is 0 Å². The van der Waals surface area contributed by atoms with Crippen LogP contribution in [0.2, 0.25) is 5.02 Å². The Bertz CT molecular complexity index is 1010. The van der Waals surface area contributed by atoms with Crippen LogP contribution in [0.1, 0.15) is 24.1 Å². The number of quaternary nitrogens is 1. The van der Waals surface area contributed by atoms with Gasteiger partial charge in [-0.3, -0.25) is 14.5 Å². The molecule has 0 radical (unpaired) electrons. The number of phenols is 1. The lowest BCUT2D eigenvalue weighted by molar-refractivity contribution is -0.735. The van der Waals surface area contributed by atoms with Crippen molar-refractivity contribution < 1.29 is 29.9 Å². The maximum Gasteiger partial charge on any atom is 0.240 e. The first-order chi connectivity index (χ1) is 13.7. The first kappa shape index (κ1) is 19.4. The summed E-state index contributed by atoms with van der Waals surface area (Å²) in [6.45, 7) is 1.45. The van der Waals surface area contributed by atoms with Gasteiger partial charge in [-0.25, -0.2) is 0 Å². The van der Waals surface area contributed by atoms with Crippen molar-refractivity contribution in [2.24, 2.45) is 11.8 Å². The lowest BCUT2D eigenvalue weighted by Gasteiger charge is -2.29. The van der Waals surface area contributed by atoms with E-state index in [0.717, 1.165) is 10.5 Å². The number of imide groups is 1. The quantitative estimate of drug-likeness (QED) is 0.682. The van der Waals surface area contributed by atoms with Gasteiger partial charge < -0.3 is 20.3 Å². The predicted octanol–water partition coefficient (Wildman–Crippen LogP) is -0.0263. The lowest BCUT2D eigenvalue weighted by atomic mass is 9.80. The molecular weight excluding hydrogens is 396 g/mol. The predicted molar refractivity (Wildman–Crippen MR) is 100 cm³/mol. The summed E-state index contributed by atoms with van der Waals surface area (Å²) in [6, 6.07) is 12.6. The topological polar surface area (TPSA) is 114 Å². The minimum atomic E-state index is -1.65. The highest BCUT2D eigenvalue weighted by Crippen LogP contribution is 2.46. The van der Waals surface area contributed by atoms with E-state index in [0.29, 0.717) is 10.6 Å². The molecule has 2 aromatic carbocycles. The molecular formula is C21H19ClN2O5. The van der Waals surface area contributed by atoms with Crippen LogP contribution in [0.3, 0.4) is 0 Å². The Kier molecular flexibility index (Phi) is 4.59. The van der Waals surface area contributed by atoms with Crippen LogP contribution >= 0.6 is 11.6 Å². The van der Waals surface area contributed by atoms with Crippen molar-refractivity contribution in [2.45, 2.75) is 25.0 Å². The number of rotatable bonds is 4. The number of carbonyl (C=O) groups excluding carboxylic acids is 3. The summed E-state index contributed by atoms with van der Waals surface area (Å²) in [5.74, 6) is -4.60. The first-order valence-corrected chi connectivity index (χ1v) is 9.57. The largest absolute Gasteiger partial charge is 0.544 e. The number of halogens is 1. The van der Waals surface area contributed by atoms with Gasteiger partial charge in [0, 0.05) is 5.02 Å². The molecule has 2 aliphatic rings. The fourth-order valence-corrected chi connectivity index (χ4v) is 4.70. The number of carboxylic acids is 1. The van der Waals surface area contributed by atoms with Gasteiger partial charge in [0.25, 0.3) is 0 Å². The minimum absolute atomic E-state index is 0.0584. The molecule has 8 heteroatoms. The number of carboxylic acid groups (broad SMARTS) is 1. The van der Waals surface area contributed by atoms with Gasteiger partial charge in [-0.05, 0) is 30.7 Å². The Balaban J connectivity index is 1.78. The van der Waals surface area contributed by atoms with E-state index in [4.69, 9.17) is 11.6 Å². The third kappa shape index (κ3) is 2.97. The lowest BCUT2D eigenvalue weighted by Crippen LogP contribution is -2.98. The highest BCUT2D eigenvalue weighted by atomic mass is 35.5. The van der Waals surface area contributed by atoms with Crippen LogP contribution in [-0.2, 0) is 20.9 Å². The number of aromatic hydroxyl groups is 1. The molecule has 150 valence electrons. The number of aliphatic carboxylic acids is 1. The normalized spacial score (nSPS) is 28.6. The number of phenolic OH excluding ortho intramolecular Hbond substituents is 1. The summed E-state index contributed by atoms with van der Waals surface area (Å²) in [6.07, 6.45) is 0. The maximum atomic E-state index is 13.2. The minimum Gasteiger partial charge on any atom is -0.544 e. The van der Waals surface area contributed by atoms with Gasteiger partial charge in [0.05, 0.1) is 12.1 Å². The monoisotopic (exact) mass is 414 g/mol. The molecule has 2 aliphatic heterocycles. The Morgan fingerprint density at radius 1 is 1.21 bits per heavy atom. The zero-order chi connectivity index (χ0) is 20.9. The number of fused-ring (bicyclic) bond motifs is 1. The molecule has 0 aromatic heterocycles. The van der Waals surface area contributed by atoms with Gasteiger partial charge >= 0.3 is 0 Å². The maximum absolute atomic E-state index is 13.2. The van der Waals surface area contributed by atoms with Crippen molar-refractivity contribution in [3.05, 3.63) is 64.7 Å². The van der Waals surface area contributed by atoms with E-state index in [2.05, 4.69) is 0 Å². The van der Waals surface area contributed by atoms with E-state index in [1.165, 1.54) is 30.4 Å². The van der Waals surface area contributed by atoms with Crippen molar-refractivity contribution in [1.29, 1.82) is 0 Å². The van der Waals surface area contributed by atoms with E-state index in [9.17, 15) is 24.6 Å². The molecule has 0 spiro atoms. The van der Waals surface area contributed by atoms with Gasteiger partial charge in [-0.2, -0.15) is 0 Å². The average Bonchev–Trinajstić information content (AvgIpc) is 3.14. The molecule has 2 aromatic rings. The molecule has 0 saturated carbocycles. The van der Waals surface area contributed by atoms with E-state index in [1.54, 1.807) is 24.3 Å². The molecule has 0 aliphatic carbocycles. The SMILES string of the molecule is C[C@]1(C(=O)[O-])[NH2+][C@@H](c2cc(Cl)ccc2O)[C@H]2C(=O)N(Cc3ccccc3)C(=O)[C@H]21. The zero-order valence-corrected chi connectivity index (χ0v) is 16.3. The van der Waals surface area contributed by atoms with Gasteiger partial charge in [0.2, 0.25) is 11.8 Å². The zero-order valence-electron chi connectivity index (χ0n) is 15.5. The Morgan fingerprint density at radius 3 is 2.55 bits per heavy atom. The van der Waals surface area contributed by atoms with Gasteiger partial charge in [-0.1, -0.05) is 41.9 Å². The summed E-state index contributed by atoms with van der Waals surface area (Å²) in [4.78, 5) is 39.5. The fraction of sp³-hybridized carbons (Fsp3) is 0.286. The second kappa shape index (κ2) is 6.86. The number of amides is 2. The summed E-state index contributed by atoms with van der Waals surface area (Å²) in [5, 5.41) is 24.1. The number of hydrogen-bond acceptors (Lipinski definition) is 5. The van der Waals surface area contributed by atoms with Crippen molar-refractivity contribution in [2.75, 3.05) is 0 Å². The second-order valence-corrected chi connectivity index (χ2v) is 8.15. The number of hydrogen-bond donors (Lipinski definition) is 2. The molecule has 2 amide bonds. The third-order valence-electron chi connectivity index (χ3n) is 5.97. The standard InChI is InChI=1S/C21H19ClN2O5/c1-21(20(28)29)16-15(17(23-21)13-9-12(22)7-8-14(13)25)18(26)24(19(16)27)10-11-5-3-2-4-6-11/h2-9,15-17,23,25H,10H2,1H3,(H,28,29)/t15-,16-,17-,21-/m0/s1. The van der Waals surface area contributed by atoms with Crippen LogP contribution in [0, 0.1) is 11.8 Å². The summed E-state index contributed by atoms with van der Waals surface area (Å²) < 4.78 is 0. The first-order valence-electron chi connectivity index (χ1n) is 9.19. The van der Waals surface area contributed by atoms with Crippen LogP contribution in [-0.4, -0.2) is 33.3 Å². The highest BCUT2D eigenvalue weighted by molar-refractivity contribution is 6.30. The second-order valence-electron chi connectivity index (χ2n) is 7.72. The number of nitrogens with two attached hydrogens (primary N) is 1. The molecule has 0 bridgehead atoms. The van der Waals surface area contributed by atoms with Crippen molar-refractivity contribution in [1.82, 2.24) is 4.90 Å². The van der Waals surface area contributed by atoms with E-state index in [1.807, 2.05) is 6.07 Å². The smallest absolute Gasteiger partial charge is 0.240 e. The van der Waals surface area contributed by atoms with Crippen LogP contribution in [0.5, 0.6) is 5.75 Å². The number of carbonyl (C=O) groups is 3. The van der Waals surface area contributed by atoms with Crippen molar-refractivity contribution >= 4 is 29.4 Å². The number of nitrogens with zero attached hydrogens (tertiary/aromatic N) is 1. The van der Waals surface area contributed by atoms with E-state index >= 15 is 0 Å². The molecule has 0 unspecified atom stereocenters. The Hall–Kier alpha value is -2.90. The molecule has 2 fully saturated rings. The number of likely N-dealkylation sites (tertiary alicyclic amines) is 1. The Morgan fingerprint density at radius 2 is 1.90 bits per heavy atom. The molecule has 4 rings (SSSR count). The molecule has 2 heterocycles. The van der Waals surface area contributed by atoms with Crippen molar-refractivity contribution in [3.63, 3.8) is 0 Å². The van der Waals surface area contributed by atoms with E-state index in [-0.39, 0.29) is 12.3 Å². The molecule has 3 N–H and O–H groups in total. The van der Waals surface area contributed by atoms with Gasteiger partial charge in [0.15, 0.2) is 0 Å². The van der Waals surface area contributed by atoms with Gasteiger partial charge in [-0.15, -0.1) is 0 Å².